The number of fused-ring (bicyclic) bond motifs is 1. The first-order valence-electron chi connectivity index (χ1n) is 7.53. The third-order valence-electron chi connectivity index (χ3n) is 5.04. The summed E-state index contributed by atoms with van der Waals surface area (Å²) < 4.78 is 0. The van der Waals surface area contributed by atoms with Crippen molar-refractivity contribution in [3.63, 3.8) is 0 Å². The Morgan fingerprint density at radius 3 is 2.72 bits per heavy atom. The van der Waals surface area contributed by atoms with Gasteiger partial charge in [-0.1, -0.05) is 6.42 Å². The van der Waals surface area contributed by atoms with E-state index in [-0.39, 0.29) is 6.04 Å². The number of carbonyl (C=O) groups is 1. The van der Waals surface area contributed by atoms with Gasteiger partial charge >= 0.3 is 0 Å². The summed E-state index contributed by atoms with van der Waals surface area (Å²) in [4.78, 5) is 17.3. The zero-order valence-corrected chi connectivity index (χ0v) is 11.4. The highest BCUT2D eigenvalue weighted by molar-refractivity contribution is 5.83. The average molecular weight is 251 g/mol. The van der Waals surface area contributed by atoms with Gasteiger partial charge < -0.3 is 10.2 Å². The van der Waals surface area contributed by atoms with E-state index in [9.17, 15) is 4.79 Å². The molecule has 3 unspecified atom stereocenters. The molecule has 0 bridgehead atoms. The van der Waals surface area contributed by atoms with E-state index in [1.165, 1.54) is 38.8 Å². The van der Waals surface area contributed by atoms with Crippen molar-refractivity contribution in [2.45, 2.75) is 56.7 Å². The van der Waals surface area contributed by atoms with Gasteiger partial charge in [-0.2, -0.15) is 0 Å². The molecule has 3 fully saturated rings. The maximum Gasteiger partial charge on any atom is 0.240 e. The van der Waals surface area contributed by atoms with E-state index < -0.39 is 0 Å². The predicted molar refractivity (Wildman–Crippen MR) is 71.4 cm³/mol. The number of piperidine rings is 2. The van der Waals surface area contributed by atoms with Crippen LogP contribution >= 0.6 is 0 Å². The van der Waals surface area contributed by atoms with Crippen molar-refractivity contribution in [1.82, 2.24) is 15.1 Å². The summed E-state index contributed by atoms with van der Waals surface area (Å²) in [7, 11) is 1.91. The summed E-state index contributed by atoms with van der Waals surface area (Å²) in [6.45, 7) is 3.42. The van der Waals surface area contributed by atoms with E-state index in [1.807, 2.05) is 7.05 Å². The van der Waals surface area contributed by atoms with Gasteiger partial charge in [-0.15, -0.1) is 0 Å². The Morgan fingerprint density at radius 1 is 1.00 bits per heavy atom. The van der Waals surface area contributed by atoms with Crippen LogP contribution in [-0.2, 0) is 4.79 Å². The highest BCUT2D eigenvalue weighted by atomic mass is 16.2. The fraction of sp³-hybridized carbons (Fsp3) is 0.929. The summed E-state index contributed by atoms with van der Waals surface area (Å²) in [5.41, 5.74) is 0. The van der Waals surface area contributed by atoms with Crippen LogP contribution in [0, 0.1) is 0 Å². The van der Waals surface area contributed by atoms with Crippen molar-refractivity contribution < 1.29 is 4.79 Å². The fourth-order valence-electron chi connectivity index (χ4n) is 4.08. The van der Waals surface area contributed by atoms with Gasteiger partial charge in [-0.25, -0.2) is 0 Å². The monoisotopic (exact) mass is 251 g/mol. The Balaban J connectivity index is 1.72. The quantitative estimate of drug-likeness (QED) is 0.789. The molecule has 1 amide bonds. The van der Waals surface area contributed by atoms with E-state index in [0.717, 1.165) is 19.4 Å². The maximum absolute atomic E-state index is 12.5. The molecular formula is C14H25N3O. The second-order valence-corrected chi connectivity index (χ2v) is 5.97. The van der Waals surface area contributed by atoms with E-state index in [1.54, 1.807) is 0 Å². The lowest BCUT2D eigenvalue weighted by atomic mass is 9.95. The lowest BCUT2D eigenvalue weighted by molar-refractivity contribution is -0.139. The van der Waals surface area contributed by atoms with E-state index >= 15 is 0 Å². The van der Waals surface area contributed by atoms with Crippen LogP contribution in [0.3, 0.4) is 0 Å². The molecule has 0 aromatic rings. The first kappa shape index (κ1) is 12.4. The molecule has 102 valence electrons. The minimum atomic E-state index is 0.0661. The van der Waals surface area contributed by atoms with Gasteiger partial charge in [0.15, 0.2) is 0 Å². The van der Waals surface area contributed by atoms with Crippen molar-refractivity contribution in [3.05, 3.63) is 0 Å². The lowest BCUT2D eigenvalue weighted by Gasteiger charge is -2.41. The molecular weight excluding hydrogens is 226 g/mol. The highest BCUT2D eigenvalue weighted by Gasteiger charge is 2.42. The van der Waals surface area contributed by atoms with E-state index in [0.29, 0.717) is 18.0 Å². The number of carbonyl (C=O) groups excluding carboxylic acids is 1. The largest absolute Gasteiger partial charge is 0.337 e. The highest BCUT2D eigenvalue weighted by Crippen LogP contribution is 2.32. The van der Waals surface area contributed by atoms with Gasteiger partial charge in [0.1, 0.15) is 0 Å². The number of nitrogens with one attached hydrogen (secondary N) is 1. The van der Waals surface area contributed by atoms with Crippen molar-refractivity contribution in [2.24, 2.45) is 0 Å². The molecule has 1 N–H and O–H groups in total. The van der Waals surface area contributed by atoms with Crippen LogP contribution in [0.5, 0.6) is 0 Å². The zero-order chi connectivity index (χ0) is 12.5. The number of nitrogens with zero attached hydrogens (tertiary/aromatic N) is 2. The van der Waals surface area contributed by atoms with Crippen LogP contribution in [0.25, 0.3) is 0 Å². The number of amides is 1. The van der Waals surface area contributed by atoms with Crippen LogP contribution < -0.4 is 5.32 Å². The topological polar surface area (TPSA) is 35.6 Å². The van der Waals surface area contributed by atoms with E-state index in [2.05, 4.69) is 15.1 Å². The molecule has 3 aliphatic rings. The summed E-state index contributed by atoms with van der Waals surface area (Å²) in [5, 5.41) is 3.17. The Labute approximate surface area is 110 Å². The Hall–Kier alpha value is -0.610. The number of likely N-dealkylation sites (tertiary alicyclic amines) is 1. The van der Waals surface area contributed by atoms with Crippen LogP contribution in [-0.4, -0.2) is 60.5 Å². The molecule has 3 rings (SSSR count). The predicted octanol–water partition coefficient (Wildman–Crippen LogP) is 0.824. The summed E-state index contributed by atoms with van der Waals surface area (Å²) in [6.07, 6.45) is 7.32. The molecule has 0 aromatic heterocycles. The maximum atomic E-state index is 12.5. The lowest BCUT2D eigenvalue weighted by Crippen LogP contribution is -2.56. The van der Waals surface area contributed by atoms with Crippen molar-refractivity contribution >= 4 is 5.91 Å². The summed E-state index contributed by atoms with van der Waals surface area (Å²) >= 11 is 0. The average Bonchev–Trinajstić information content (AvgIpc) is 2.83. The van der Waals surface area contributed by atoms with Gasteiger partial charge in [-0.05, 0) is 45.7 Å². The molecule has 3 atom stereocenters. The van der Waals surface area contributed by atoms with Gasteiger partial charge in [0, 0.05) is 25.2 Å². The molecule has 3 heterocycles. The van der Waals surface area contributed by atoms with Gasteiger partial charge in [0.25, 0.3) is 0 Å². The van der Waals surface area contributed by atoms with Crippen molar-refractivity contribution in [3.8, 4) is 0 Å². The third kappa shape index (κ3) is 2.05. The Morgan fingerprint density at radius 2 is 1.89 bits per heavy atom. The second-order valence-electron chi connectivity index (χ2n) is 5.97. The molecule has 4 heteroatoms. The van der Waals surface area contributed by atoms with Crippen molar-refractivity contribution in [1.29, 1.82) is 0 Å². The van der Waals surface area contributed by atoms with Crippen LogP contribution in [0.15, 0.2) is 0 Å². The van der Waals surface area contributed by atoms with Crippen LogP contribution in [0.4, 0.5) is 0 Å². The Bertz CT molecular complexity index is 320. The van der Waals surface area contributed by atoms with Gasteiger partial charge in [-0.3, -0.25) is 9.69 Å². The molecule has 0 spiro atoms. The summed E-state index contributed by atoms with van der Waals surface area (Å²) in [5.74, 6) is 0.348. The summed E-state index contributed by atoms with van der Waals surface area (Å²) in [6, 6.07) is 1.21. The molecule has 4 nitrogen and oxygen atoms in total. The van der Waals surface area contributed by atoms with Crippen LogP contribution in [0.1, 0.15) is 38.5 Å². The van der Waals surface area contributed by atoms with Gasteiger partial charge in [0.2, 0.25) is 5.91 Å². The first-order chi connectivity index (χ1) is 8.81. The van der Waals surface area contributed by atoms with Crippen LogP contribution in [0.2, 0.25) is 0 Å². The number of hydrogen-bond donors (Lipinski definition) is 1. The van der Waals surface area contributed by atoms with Gasteiger partial charge in [0.05, 0.1) is 6.04 Å². The number of hydrogen-bond acceptors (Lipinski definition) is 3. The zero-order valence-electron chi connectivity index (χ0n) is 11.4. The van der Waals surface area contributed by atoms with E-state index in [4.69, 9.17) is 0 Å². The first-order valence-corrected chi connectivity index (χ1v) is 7.53. The smallest absolute Gasteiger partial charge is 0.240 e. The normalized spacial score (nSPS) is 37.9. The fourth-order valence-corrected chi connectivity index (χ4v) is 4.08. The molecule has 0 radical (unpaired) electrons. The molecule has 3 aliphatic heterocycles. The van der Waals surface area contributed by atoms with Crippen molar-refractivity contribution in [2.75, 3.05) is 26.7 Å². The standard InChI is InChI=1S/C14H25N3O/c1-15-11-5-4-9-17(14(11)18)13-7-10-16-8-3-2-6-12(13)16/h11-13,15H,2-10H2,1H3. The second kappa shape index (κ2) is 5.17. The number of likely N-dealkylation sites (N-methyl/N-ethyl adjacent to an activating group) is 1. The minimum absolute atomic E-state index is 0.0661. The Kier molecular flexibility index (Phi) is 3.57. The minimum Gasteiger partial charge on any atom is -0.337 e. The molecule has 0 aliphatic carbocycles. The number of rotatable bonds is 2. The molecule has 0 aromatic carbocycles. The third-order valence-corrected chi connectivity index (χ3v) is 5.04. The molecule has 18 heavy (non-hydrogen) atoms. The molecule has 0 saturated carbocycles. The SMILES string of the molecule is CNC1CCCN(C2CCN3CCCCC23)C1=O. The molecule has 3 saturated heterocycles.